The molecule has 0 spiro atoms. The molecule has 0 aliphatic heterocycles. The molecule has 0 amide bonds. The molecule has 0 fully saturated rings. The molecule has 4 heteroatoms. The Hall–Kier alpha value is -1.32. The SMILES string of the molecule is CCCCCCCC/C=C\CCCCCCCC(=O)OC(CCCCCCCCCCCCCCCCCC)CCCCC(=O)O. The van der Waals surface area contributed by atoms with Gasteiger partial charge in [-0.05, 0) is 64.2 Å². The number of ether oxygens (including phenoxy) is 1. The first-order chi connectivity index (χ1) is 22.6. The summed E-state index contributed by atoms with van der Waals surface area (Å²) < 4.78 is 5.91. The van der Waals surface area contributed by atoms with Gasteiger partial charge in [-0.25, -0.2) is 0 Å². The number of hydrogen-bond donors (Lipinski definition) is 1. The first kappa shape index (κ1) is 44.7. The summed E-state index contributed by atoms with van der Waals surface area (Å²) in [6.07, 6.45) is 46.6. The summed E-state index contributed by atoms with van der Waals surface area (Å²) in [5, 5.41) is 8.96. The first-order valence-electron chi connectivity index (χ1n) is 20.7. The number of unbranched alkanes of at least 4 members (excludes halogenated alkanes) is 27. The average Bonchev–Trinajstić information content (AvgIpc) is 3.04. The normalized spacial score (nSPS) is 12.2. The smallest absolute Gasteiger partial charge is 0.306 e. The van der Waals surface area contributed by atoms with Crippen molar-refractivity contribution in [3.05, 3.63) is 12.2 Å². The highest BCUT2D eigenvalue weighted by Gasteiger charge is 2.14. The van der Waals surface area contributed by atoms with Gasteiger partial charge in [0.1, 0.15) is 6.10 Å². The second-order valence-electron chi connectivity index (χ2n) is 14.2. The number of carboxylic acids is 1. The molecule has 1 unspecified atom stereocenters. The Balaban J connectivity index is 3.85. The van der Waals surface area contributed by atoms with Crippen molar-refractivity contribution < 1.29 is 19.4 Å². The third-order valence-electron chi connectivity index (χ3n) is 9.49. The minimum atomic E-state index is -0.740. The van der Waals surface area contributed by atoms with E-state index in [1.807, 2.05) is 0 Å². The van der Waals surface area contributed by atoms with E-state index in [-0.39, 0.29) is 18.5 Å². The summed E-state index contributed by atoms with van der Waals surface area (Å²) in [6, 6.07) is 0. The zero-order valence-corrected chi connectivity index (χ0v) is 31.2. The van der Waals surface area contributed by atoms with E-state index >= 15 is 0 Å². The lowest BCUT2D eigenvalue weighted by Crippen LogP contribution is -2.18. The highest BCUT2D eigenvalue weighted by atomic mass is 16.5. The van der Waals surface area contributed by atoms with E-state index in [1.165, 1.54) is 167 Å². The molecule has 0 bridgehead atoms. The summed E-state index contributed by atoms with van der Waals surface area (Å²) in [5.41, 5.74) is 0. The van der Waals surface area contributed by atoms with Crippen LogP contribution in [-0.2, 0) is 14.3 Å². The lowest BCUT2D eigenvalue weighted by molar-refractivity contribution is -0.150. The van der Waals surface area contributed by atoms with Gasteiger partial charge >= 0.3 is 11.9 Å². The Morgan fingerprint density at radius 2 is 0.783 bits per heavy atom. The molecule has 0 radical (unpaired) electrons. The van der Waals surface area contributed by atoms with Crippen LogP contribution in [0.25, 0.3) is 0 Å². The van der Waals surface area contributed by atoms with E-state index in [9.17, 15) is 9.59 Å². The summed E-state index contributed by atoms with van der Waals surface area (Å²) in [4.78, 5) is 23.5. The molecule has 0 aromatic rings. The Kier molecular flexibility index (Phi) is 37.0. The molecule has 272 valence electrons. The van der Waals surface area contributed by atoms with Crippen molar-refractivity contribution in [1.29, 1.82) is 0 Å². The maximum absolute atomic E-state index is 12.6. The molecule has 4 nitrogen and oxygen atoms in total. The van der Waals surface area contributed by atoms with E-state index in [0.29, 0.717) is 12.8 Å². The Labute approximate surface area is 287 Å². The fraction of sp³-hybridized carbons (Fsp3) is 0.905. The molecule has 0 aliphatic carbocycles. The monoisotopic (exact) mass is 649 g/mol. The molecule has 0 aromatic carbocycles. The van der Waals surface area contributed by atoms with Gasteiger partial charge in [0, 0.05) is 12.8 Å². The minimum absolute atomic E-state index is 0.0453. The lowest BCUT2D eigenvalue weighted by atomic mass is 10.0. The van der Waals surface area contributed by atoms with Crippen LogP contribution in [0, 0.1) is 0 Å². The van der Waals surface area contributed by atoms with Crippen molar-refractivity contribution in [2.24, 2.45) is 0 Å². The van der Waals surface area contributed by atoms with Crippen molar-refractivity contribution in [3.8, 4) is 0 Å². The quantitative estimate of drug-likeness (QED) is 0.0411. The third-order valence-corrected chi connectivity index (χ3v) is 9.49. The van der Waals surface area contributed by atoms with E-state index in [1.54, 1.807) is 0 Å². The maximum atomic E-state index is 12.6. The zero-order chi connectivity index (χ0) is 33.6. The number of carbonyl (C=O) groups excluding carboxylic acids is 1. The second kappa shape index (κ2) is 38.1. The van der Waals surface area contributed by atoms with Crippen LogP contribution in [0.15, 0.2) is 12.2 Å². The van der Waals surface area contributed by atoms with E-state index in [0.717, 1.165) is 38.5 Å². The molecule has 46 heavy (non-hydrogen) atoms. The van der Waals surface area contributed by atoms with E-state index in [4.69, 9.17) is 9.84 Å². The van der Waals surface area contributed by atoms with Crippen LogP contribution >= 0.6 is 0 Å². The topological polar surface area (TPSA) is 63.6 Å². The lowest BCUT2D eigenvalue weighted by Gasteiger charge is -2.18. The van der Waals surface area contributed by atoms with Gasteiger partial charge in [0.25, 0.3) is 0 Å². The first-order valence-corrected chi connectivity index (χ1v) is 20.7. The van der Waals surface area contributed by atoms with Gasteiger partial charge in [0.2, 0.25) is 0 Å². The molecule has 0 aromatic heterocycles. The number of allylic oxidation sites excluding steroid dienone is 2. The van der Waals surface area contributed by atoms with Crippen LogP contribution in [0.2, 0.25) is 0 Å². The second-order valence-corrected chi connectivity index (χ2v) is 14.2. The number of esters is 1. The standard InChI is InChI=1S/C42H80O4/c1-3-5-7-9-11-13-15-17-19-21-22-24-26-28-30-32-36-40(37-34-35-38-41(43)44)46-42(45)39-33-31-29-27-25-23-20-18-16-14-12-10-8-6-4-2/h18,20,40H,3-17,19,21-39H2,1-2H3,(H,43,44)/b20-18-. The third kappa shape index (κ3) is 37.1. The average molecular weight is 649 g/mol. The van der Waals surface area contributed by atoms with Crippen LogP contribution in [0.3, 0.4) is 0 Å². The van der Waals surface area contributed by atoms with Gasteiger partial charge in [-0.2, -0.15) is 0 Å². The van der Waals surface area contributed by atoms with Gasteiger partial charge in [-0.15, -0.1) is 0 Å². The fourth-order valence-corrected chi connectivity index (χ4v) is 6.42. The number of carboxylic acid groups (broad SMARTS) is 1. The molecule has 1 atom stereocenters. The molecule has 0 saturated carbocycles. The summed E-state index contributed by atoms with van der Waals surface area (Å²) >= 11 is 0. The molecule has 0 rings (SSSR count). The van der Waals surface area contributed by atoms with Crippen molar-refractivity contribution >= 4 is 11.9 Å². The van der Waals surface area contributed by atoms with Crippen molar-refractivity contribution in [3.63, 3.8) is 0 Å². The van der Waals surface area contributed by atoms with E-state index < -0.39 is 5.97 Å². The van der Waals surface area contributed by atoms with Gasteiger partial charge < -0.3 is 9.84 Å². The summed E-state index contributed by atoms with van der Waals surface area (Å²) in [7, 11) is 0. The maximum Gasteiger partial charge on any atom is 0.306 e. The number of hydrogen-bond acceptors (Lipinski definition) is 3. The Morgan fingerprint density at radius 1 is 0.457 bits per heavy atom. The molecule has 0 heterocycles. The van der Waals surface area contributed by atoms with Gasteiger partial charge in [0.05, 0.1) is 0 Å². The Bertz CT molecular complexity index is 658. The van der Waals surface area contributed by atoms with Crippen LogP contribution in [-0.4, -0.2) is 23.1 Å². The Morgan fingerprint density at radius 3 is 1.20 bits per heavy atom. The molecular weight excluding hydrogens is 568 g/mol. The van der Waals surface area contributed by atoms with Crippen molar-refractivity contribution in [1.82, 2.24) is 0 Å². The van der Waals surface area contributed by atoms with Crippen LogP contribution in [0.5, 0.6) is 0 Å². The van der Waals surface area contributed by atoms with Gasteiger partial charge in [0.15, 0.2) is 0 Å². The van der Waals surface area contributed by atoms with Crippen LogP contribution in [0.4, 0.5) is 0 Å². The number of aliphatic carboxylic acids is 1. The highest BCUT2D eigenvalue weighted by Crippen LogP contribution is 2.19. The summed E-state index contributed by atoms with van der Waals surface area (Å²) in [6.45, 7) is 4.55. The number of carbonyl (C=O) groups is 2. The van der Waals surface area contributed by atoms with Crippen LogP contribution < -0.4 is 0 Å². The number of rotatable bonds is 38. The zero-order valence-electron chi connectivity index (χ0n) is 31.2. The predicted molar refractivity (Wildman–Crippen MR) is 200 cm³/mol. The molecule has 1 N–H and O–H groups in total. The summed E-state index contributed by atoms with van der Waals surface area (Å²) in [5.74, 6) is -0.798. The predicted octanol–water partition coefficient (Wildman–Crippen LogP) is 14.2. The van der Waals surface area contributed by atoms with Crippen LogP contribution in [0.1, 0.15) is 239 Å². The molecular formula is C42H80O4. The highest BCUT2D eigenvalue weighted by molar-refractivity contribution is 5.69. The van der Waals surface area contributed by atoms with Crippen molar-refractivity contribution in [2.45, 2.75) is 245 Å². The largest absolute Gasteiger partial charge is 0.481 e. The molecule has 0 saturated heterocycles. The van der Waals surface area contributed by atoms with Gasteiger partial charge in [-0.1, -0.05) is 174 Å². The van der Waals surface area contributed by atoms with Crippen molar-refractivity contribution in [2.75, 3.05) is 0 Å². The minimum Gasteiger partial charge on any atom is -0.481 e. The fourth-order valence-electron chi connectivity index (χ4n) is 6.42. The van der Waals surface area contributed by atoms with E-state index in [2.05, 4.69) is 26.0 Å². The molecule has 0 aliphatic rings. The van der Waals surface area contributed by atoms with Gasteiger partial charge in [-0.3, -0.25) is 9.59 Å².